The molecule has 8 heteroatoms. The molecule has 0 bridgehead atoms. The lowest BCUT2D eigenvalue weighted by atomic mass is 10.1. The molecule has 2 aromatic carbocycles. The summed E-state index contributed by atoms with van der Waals surface area (Å²) in [5.74, 6) is -1.03. The van der Waals surface area contributed by atoms with Crippen molar-refractivity contribution in [3.05, 3.63) is 94.8 Å². The van der Waals surface area contributed by atoms with Crippen LogP contribution in [0.4, 0.5) is 4.79 Å². The summed E-state index contributed by atoms with van der Waals surface area (Å²) in [5, 5.41) is 2.58. The Labute approximate surface area is 211 Å². The van der Waals surface area contributed by atoms with Gasteiger partial charge in [-0.2, -0.15) is 0 Å². The van der Waals surface area contributed by atoms with Crippen LogP contribution in [-0.4, -0.2) is 48.8 Å². The second-order valence-electron chi connectivity index (χ2n) is 8.41. The molecule has 3 aromatic rings. The molecular weight excluding hydrogens is 460 g/mol. The van der Waals surface area contributed by atoms with Crippen LogP contribution >= 0.6 is 0 Å². The molecule has 1 atom stereocenters. The van der Waals surface area contributed by atoms with Crippen LogP contribution in [0.25, 0.3) is 0 Å². The highest BCUT2D eigenvalue weighted by Crippen LogP contribution is 2.16. The standard InChI is InChI=1S/C28H32N2O6/c1-20-16-24(21(2)30(20)14-15-34-3)26(31)19-35-27(32)25(17-22-10-6-4-7-11-22)29-28(33)36-18-23-12-8-5-9-13-23/h4-13,16,25H,14-15,17-19H2,1-3H3,(H,29,33). The van der Waals surface area contributed by atoms with Crippen molar-refractivity contribution in [1.29, 1.82) is 0 Å². The van der Waals surface area contributed by atoms with Crippen molar-refractivity contribution in [2.45, 2.75) is 39.5 Å². The Balaban J connectivity index is 1.63. The minimum atomic E-state index is -1.02. The maximum atomic E-state index is 12.9. The largest absolute Gasteiger partial charge is 0.456 e. The quantitative estimate of drug-likeness (QED) is 0.303. The Morgan fingerprint density at radius 1 is 0.917 bits per heavy atom. The van der Waals surface area contributed by atoms with Gasteiger partial charge in [-0.1, -0.05) is 60.7 Å². The van der Waals surface area contributed by atoms with E-state index in [2.05, 4.69) is 5.32 Å². The molecule has 8 nitrogen and oxygen atoms in total. The molecule has 0 aliphatic heterocycles. The number of ether oxygens (including phenoxy) is 3. The van der Waals surface area contributed by atoms with E-state index in [1.165, 1.54) is 0 Å². The number of methoxy groups -OCH3 is 1. The Bertz CT molecular complexity index is 1160. The smallest absolute Gasteiger partial charge is 0.408 e. The number of hydrogen-bond acceptors (Lipinski definition) is 6. The van der Waals surface area contributed by atoms with E-state index in [0.717, 1.165) is 22.5 Å². The number of aromatic nitrogens is 1. The fraction of sp³-hybridized carbons (Fsp3) is 0.321. The number of alkyl carbamates (subject to hydrolysis) is 1. The summed E-state index contributed by atoms with van der Waals surface area (Å²) < 4.78 is 17.7. The third kappa shape index (κ3) is 7.55. The van der Waals surface area contributed by atoms with E-state index >= 15 is 0 Å². The number of Topliss-reactive ketones (excluding diaryl/α,β-unsaturated/α-hetero) is 1. The lowest BCUT2D eigenvalue weighted by Gasteiger charge is -2.18. The first-order valence-electron chi connectivity index (χ1n) is 11.8. The van der Waals surface area contributed by atoms with Crippen LogP contribution in [0.3, 0.4) is 0 Å². The van der Waals surface area contributed by atoms with Crippen molar-refractivity contribution in [2.24, 2.45) is 0 Å². The van der Waals surface area contributed by atoms with Crippen molar-refractivity contribution in [3.63, 3.8) is 0 Å². The zero-order valence-corrected chi connectivity index (χ0v) is 20.9. The van der Waals surface area contributed by atoms with E-state index in [1.807, 2.05) is 79.1 Å². The Kier molecular flexibility index (Phi) is 9.82. The van der Waals surface area contributed by atoms with Gasteiger partial charge in [0.1, 0.15) is 12.6 Å². The summed E-state index contributed by atoms with van der Waals surface area (Å²) in [5.41, 5.74) is 3.85. The predicted molar refractivity (Wildman–Crippen MR) is 135 cm³/mol. The first kappa shape index (κ1) is 26.7. The van der Waals surface area contributed by atoms with Gasteiger partial charge in [0.2, 0.25) is 5.78 Å². The van der Waals surface area contributed by atoms with Crippen LogP contribution in [0.5, 0.6) is 0 Å². The van der Waals surface area contributed by atoms with Crippen LogP contribution in [0.2, 0.25) is 0 Å². The molecule has 0 saturated carbocycles. The average Bonchev–Trinajstić information content (AvgIpc) is 3.18. The minimum Gasteiger partial charge on any atom is -0.456 e. The Morgan fingerprint density at radius 3 is 2.19 bits per heavy atom. The molecule has 1 unspecified atom stereocenters. The number of benzene rings is 2. The molecule has 0 saturated heterocycles. The van der Waals surface area contributed by atoms with Crippen molar-refractivity contribution in [1.82, 2.24) is 9.88 Å². The highest BCUT2D eigenvalue weighted by Gasteiger charge is 2.25. The monoisotopic (exact) mass is 492 g/mol. The minimum absolute atomic E-state index is 0.0664. The highest BCUT2D eigenvalue weighted by atomic mass is 16.6. The number of hydrogen-bond donors (Lipinski definition) is 1. The van der Waals surface area contributed by atoms with Crippen LogP contribution in [0.15, 0.2) is 66.7 Å². The van der Waals surface area contributed by atoms with E-state index < -0.39 is 24.7 Å². The zero-order chi connectivity index (χ0) is 25.9. The number of carbonyl (C=O) groups is 3. The van der Waals surface area contributed by atoms with Gasteiger partial charge in [-0.15, -0.1) is 0 Å². The maximum absolute atomic E-state index is 12.9. The molecule has 0 radical (unpaired) electrons. The second-order valence-corrected chi connectivity index (χ2v) is 8.41. The highest BCUT2D eigenvalue weighted by molar-refractivity contribution is 5.99. The van der Waals surface area contributed by atoms with E-state index in [4.69, 9.17) is 14.2 Å². The van der Waals surface area contributed by atoms with E-state index in [1.54, 1.807) is 13.2 Å². The van der Waals surface area contributed by atoms with Crippen LogP contribution in [-0.2, 0) is 38.6 Å². The van der Waals surface area contributed by atoms with Gasteiger partial charge in [0, 0.05) is 37.0 Å². The summed E-state index contributed by atoms with van der Waals surface area (Å²) in [6.45, 7) is 4.53. The van der Waals surface area contributed by atoms with Crippen molar-refractivity contribution in [2.75, 3.05) is 20.3 Å². The SMILES string of the molecule is COCCn1c(C)cc(C(=O)COC(=O)C(Cc2ccccc2)NC(=O)OCc2ccccc2)c1C. The van der Waals surface area contributed by atoms with Crippen molar-refractivity contribution < 1.29 is 28.6 Å². The van der Waals surface area contributed by atoms with Gasteiger partial charge in [-0.25, -0.2) is 9.59 Å². The third-order valence-electron chi connectivity index (χ3n) is 5.81. The Morgan fingerprint density at radius 2 is 1.56 bits per heavy atom. The summed E-state index contributed by atoms with van der Waals surface area (Å²) in [4.78, 5) is 38.2. The number of ketones is 1. The van der Waals surface area contributed by atoms with Gasteiger partial charge < -0.3 is 24.1 Å². The molecule has 1 amide bonds. The summed E-state index contributed by atoms with van der Waals surface area (Å²) in [6.07, 6.45) is -0.551. The molecule has 36 heavy (non-hydrogen) atoms. The number of aryl methyl sites for hydroxylation is 1. The van der Waals surface area contributed by atoms with E-state index in [0.29, 0.717) is 18.7 Å². The lowest BCUT2D eigenvalue weighted by Crippen LogP contribution is -2.44. The third-order valence-corrected chi connectivity index (χ3v) is 5.81. The normalized spacial score (nSPS) is 11.5. The average molecular weight is 493 g/mol. The molecule has 190 valence electrons. The van der Waals surface area contributed by atoms with Crippen LogP contribution in [0, 0.1) is 13.8 Å². The fourth-order valence-corrected chi connectivity index (χ4v) is 3.88. The van der Waals surface area contributed by atoms with Crippen molar-refractivity contribution >= 4 is 17.8 Å². The molecule has 0 spiro atoms. The van der Waals surface area contributed by atoms with Gasteiger partial charge in [0.25, 0.3) is 0 Å². The summed E-state index contributed by atoms with van der Waals surface area (Å²) >= 11 is 0. The molecule has 0 fully saturated rings. The number of nitrogens with one attached hydrogen (secondary N) is 1. The molecule has 1 aromatic heterocycles. The fourth-order valence-electron chi connectivity index (χ4n) is 3.88. The Hall–Kier alpha value is -3.91. The number of amides is 1. The summed E-state index contributed by atoms with van der Waals surface area (Å²) in [6, 6.07) is 19.2. The van der Waals surface area contributed by atoms with Gasteiger partial charge in [-0.3, -0.25) is 4.79 Å². The van der Waals surface area contributed by atoms with Gasteiger partial charge in [0.05, 0.1) is 6.61 Å². The maximum Gasteiger partial charge on any atom is 0.408 e. The number of carbonyl (C=O) groups excluding carboxylic acids is 3. The molecular formula is C28H32N2O6. The van der Waals surface area contributed by atoms with Crippen LogP contribution < -0.4 is 5.32 Å². The van der Waals surface area contributed by atoms with E-state index in [-0.39, 0.29) is 18.8 Å². The topological polar surface area (TPSA) is 95.9 Å². The lowest BCUT2D eigenvalue weighted by molar-refractivity contribution is -0.144. The second kappa shape index (κ2) is 13.3. The predicted octanol–water partition coefficient (Wildman–Crippen LogP) is 4.01. The molecule has 3 rings (SSSR count). The van der Waals surface area contributed by atoms with Crippen molar-refractivity contribution in [3.8, 4) is 0 Å². The molecule has 0 aliphatic carbocycles. The molecule has 1 heterocycles. The van der Waals surface area contributed by atoms with Gasteiger partial charge in [-0.05, 0) is 31.0 Å². The molecule has 0 aliphatic rings. The first-order valence-corrected chi connectivity index (χ1v) is 11.8. The zero-order valence-electron chi connectivity index (χ0n) is 20.9. The number of esters is 1. The number of rotatable bonds is 12. The van der Waals surface area contributed by atoms with Crippen LogP contribution in [0.1, 0.15) is 32.9 Å². The van der Waals surface area contributed by atoms with E-state index in [9.17, 15) is 14.4 Å². The molecule has 1 N–H and O–H groups in total. The van der Waals surface area contributed by atoms with Gasteiger partial charge >= 0.3 is 12.1 Å². The summed E-state index contributed by atoms with van der Waals surface area (Å²) in [7, 11) is 1.62. The number of nitrogens with zero attached hydrogens (tertiary/aromatic N) is 1. The first-order chi connectivity index (χ1) is 17.4. The van der Waals surface area contributed by atoms with Gasteiger partial charge in [0.15, 0.2) is 6.61 Å².